The number of halogens is 1. The second kappa shape index (κ2) is 8.90. The molecule has 30 heavy (non-hydrogen) atoms. The highest BCUT2D eigenvalue weighted by Crippen LogP contribution is 2.24. The van der Waals surface area contributed by atoms with E-state index >= 15 is 0 Å². The Morgan fingerprint density at radius 1 is 1.07 bits per heavy atom. The van der Waals surface area contributed by atoms with Crippen molar-refractivity contribution in [2.24, 2.45) is 0 Å². The Balaban J connectivity index is 1.37. The summed E-state index contributed by atoms with van der Waals surface area (Å²) in [7, 11) is 1.65. The molecule has 6 nitrogen and oxygen atoms in total. The van der Waals surface area contributed by atoms with Gasteiger partial charge in [-0.25, -0.2) is 4.98 Å². The van der Waals surface area contributed by atoms with Crippen LogP contribution in [0.2, 0.25) is 5.02 Å². The highest BCUT2D eigenvalue weighted by Gasteiger charge is 2.25. The molecule has 1 saturated heterocycles. The molecule has 0 aliphatic carbocycles. The topological polar surface area (TPSA) is 58.8 Å². The average Bonchev–Trinajstić information content (AvgIpc) is 3.11. The Labute approximate surface area is 181 Å². The summed E-state index contributed by atoms with van der Waals surface area (Å²) in [5.41, 5.74) is 2.84. The van der Waals surface area contributed by atoms with Crippen LogP contribution in [0.3, 0.4) is 0 Å². The van der Waals surface area contributed by atoms with E-state index < -0.39 is 0 Å². The Kier molecular flexibility index (Phi) is 6.06. The van der Waals surface area contributed by atoms with Crippen molar-refractivity contribution in [2.75, 3.05) is 26.7 Å². The minimum atomic E-state index is 0.121. The maximum Gasteiger partial charge on any atom is 0.237 e. The summed E-state index contributed by atoms with van der Waals surface area (Å²) in [5.74, 6) is 2.28. The predicted molar refractivity (Wildman–Crippen MR) is 115 cm³/mol. The van der Waals surface area contributed by atoms with Crippen LogP contribution in [0.5, 0.6) is 5.75 Å². The van der Waals surface area contributed by atoms with Gasteiger partial charge in [-0.3, -0.25) is 9.69 Å². The van der Waals surface area contributed by atoms with Gasteiger partial charge < -0.3 is 14.1 Å². The molecule has 2 aromatic carbocycles. The molecule has 7 heteroatoms. The van der Waals surface area contributed by atoms with Crippen molar-refractivity contribution in [3.05, 3.63) is 70.6 Å². The van der Waals surface area contributed by atoms with Crippen LogP contribution in [-0.2, 0) is 17.9 Å². The number of oxazole rings is 1. The largest absolute Gasteiger partial charge is 0.497 e. The number of aromatic nitrogens is 1. The minimum absolute atomic E-state index is 0.121. The second-order valence-corrected chi connectivity index (χ2v) is 7.84. The molecule has 1 aliphatic heterocycles. The van der Waals surface area contributed by atoms with Crippen molar-refractivity contribution in [1.29, 1.82) is 0 Å². The lowest BCUT2D eigenvalue weighted by molar-refractivity contribution is -0.136. The van der Waals surface area contributed by atoms with Gasteiger partial charge >= 0.3 is 0 Å². The van der Waals surface area contributed by atoms with Crippen molar-refractivity contribution in [2.45, 2.75) is 20.0 Å². The first-order valence-corrected chi connectivity index (χ1v) is 10.2. The maximum absolute atomic E-state index is 12.7. The van der Waals surface area contributed by atoms with Gasteiger partial charge in [0.1, 0.15) is 11.5 Å². The zero-order chi connectivity index (χ0) is 21.1. The van der Waals surface area contributed by atoms with E-state index in [-0.39, 0.29) is 5.91 Å². The van der Waals surface area contributed by atoms with Crippen LogP contribution in [0.4, 0.5) is 0 Å². The summed E-state index contributed by atoms with van der Waals surface area (Å²) >= 11 is 5.96. The summed E-state index contributed by atoms with van der Waals surface area (Å²) < 4.78 is 11.0. The molecule has 4 rings (SSSR count). The SMILES string of the molecule is COc1ccc(CN2CCN(Cc3nc(-c4ccc(Cl)cc4)oc3C)CC2=O)cc1. The molecule has 0 saturated carbocycles. The molecular formula is C23H24ClN3O3. The number of carbonyl (C=O) groups excluding carboxylic acids is 1. The Morgan fingerprint density at radius 3 is 2.47 bits per heavy atom. The average molecular weight is 426 g/mol. The number of amides is 1. The molecule has 0 unspecified atom stereocenters. The van der Waals surface area contributed by atoms with Gasteiger partial charge in [0.05, 0.1) is 19.3 Å². The Hall–Kier alpha value is -2.83. The summed E-state index contributed by atoms with van der Waals surface area (Å²) in [5, 5.41) is 0.674. The molecule has 0 atom stereocenters. The van der Waals surface area contributed by atoms with E-state index in [1.165, 1.54) is 0 Å². The van der Waals surface area contributed by atoms with E-state index in [1.807, 2.05) is 60.4 Å². The van der Waals surface area contributed by atoms with Crippen LogP contribution >= 0.6 is 11.6 Å². The molecule has 0 radical (unpaired) electrons. The molecule has 0 bridgehead atoms. The number of nitrogens with zero attached hydrogens (tertiary/aromatic N) is 3. The molecule has 2 heterocycles. The highest BCUT2D eigenvalue weighted by molar-refractivity contribution is 6.30. The third-order valence-corrected chi connectivity index (χ3v) is 5.54. The molecule has 1 fully saturated rings. The number of rotatable bonds is 6. The standard InChI is InChI=1S/C23H24ClN3O3/c1-16-21(25-23(30-16)18-5-7-19(24)8-6-18)14-26-11-12-27(22(28)15-26)13-17-3-9-20(29-2)10-4-17/h3-10H,11-15H2,1-2H3. The van der Waals surface area contributed by atoms with Gasteiger partial charge in [-0.05, 0) is 48.9 Å². The first-order chi connectivity index (χ1) is 14.5. The summed E-state index contributed by atoms with van der Waals surface area (Å²) in [6.45, 7) is 4.96. The van der Waals surface area contributed by atoms with E-state index in [4.69, 9.17) is 20.8 Å². The summed E-state index contributed by atoms with van der Waals surface area (Å²) in [6, 6.07) is 15.2. The lowest BCUT2D eigenvalue weighted by Gasteiger charge is -2.34. The fourth-order valence-corrected chi connectivity index (χ4v) is 3.64. The molecule has 1 aromatic heterocycles. The van der Waals surface area contributed by atoms with Crippen LogP contribution in [0, 0.1) is 6.92 Å². The second-order valence-electron chi connectivity index (χ2n) is 7.40. The fourth-order valence-electron chi connectivity index (χ4n) is 3.51. The van der Waals surface area contributed by atoms with Gasteiger partial charge in [0.2, 0.25) is 11.8 Å². The van der Waals surface area contributed by atoms with Gasteiger partial charge in [0.15, 0.2) is 0 Å². The first-order valence-electron chi connectivity index (χ1n) is 9.87. The Bertz CT molecular complexity index is 1020. The van der Waals surface area contributed by atoms with Crippen LogP contribution in [0.25, 0.3) is 11.5 Å². The van der Waals surface area contributed by atoms with Crippen molar-refractivity contribution >= 4 is 17.5 Å². The molecular weight excluding hydrogens is 402 g/mol. The number of piperazine rings is 1. The van der Waals surface area contributed by atoms with Gasteiger partial charge in [0, 0.05) is 36.8 Å². The van der Waals surface area contributed by atoms with Crippen molar-refractivity contribution in [3.8, 4) is 17.2 Å². The van der Waals surface area contributed by atoms with E-state index in [9.17, 15) is 4.79 Å². The third kappa shape index (κ3) is 4.66. The third-order valence-electron chi connectivity index (χ3n) is 5.29. The van der Waals surface area contributed by atoms with Crippen molar-refractivity contribution < 1.29 is 13.9 Å². The molecule has 0 N–H and O–H groups in total. The minimum Gasteiger partial charge on any atom is -0.497 e. The molecule has 1 aliphatic rings. The summed E-state index contributed by atoms with van der Waals surface area (Å²) in [6.07, 6.45) is 0. The van der Waals surface area contributed by atoms with Gasteiger partial charge in [0.25, 0.3) is 0 Å². The Morgan fingerprint density at radius 2 is 1.80 bits per heavy atom. The first kappa shape index (κ1) is 20.4. The lowest BCUT2D eigenvalue weighted by Crippen LogP contribution is -2.49. The number of carbonyl (C=O) groups is 1. The van der Waals surface area contributed by atoms with Crippen LogP contribution < -0.4 is 4.74 Å². The van der Waals surface area contributed by atoms with E-state index in [1.54, 1.807) is 7.11 Å². The predicted octanol–water partition coefficient (Wildman–Crippen LogP) is 4.16. The summed E-state index contributed by atoms with van der Waals surface area (Å²) in [4.78, 5) is 21.3. The lowest BCUT2D eigenvalue weighted by atomic mass is 10.2. The fraction of sp³-hybridized carbons (Fsp3) is 0.304. The smallest absolute Gasteiger partial charge is 0.237 e. The molecule has 1 amide bonds. The highest BCUT2D eigenvalue weighted by atomic mass is 35.5. The van der Waals surface area contributed by atoms with Crippen LogP contribution in [0.1, 0.15) is 17.0 Å². The number of hydrogen-bond acceptors (Lipinski definition) is 5. The van der Waals surface area contributed by atoms with Gasteiger partial charge in [-0.15, -0.1) is 0 Å². The van der Waals surface area contributed by atoms with E-state index in [0.717, 1.165) is 34.9 Å². The van der Waals surface area contributed by atoms with Crippen LogP contribution in [-0.4, -0.2) is 47.4 Å². The van der Waals surface area contributed by atoms with Gasteiger partial charge in [-0.1, -0.05) is 23.7 Å². The maximum atomic E-state index is 12.7. The zero-order valence-electron chi connectivity index (χ0n) is 17.1. The van der Waals surface area contributed by atoms with E-state index in [2.05, 4.69) is 9.88 Å². The van der Waals surface area contributed by atoms with Gasteiger partial charge in [-0.2, -0.15) is 0 Å². The number of methoxy groups -OCH3 is 1. The number of ether oxygens (including phenoxy) is 1. The number of hydrogen-bond donors (Lipinski definition) is 0. The molecule has 3 aromatic rings. The van der Waals surface area contributed by atoms with Crippen LogP contribution in [0.15, 0.2) is 52.9 Å². The molecule has 0 spiro atoms. The van der Waals surface area contributed by atoms with Crippen molar-refractivity contribution in [1.82, 2.24) is 14.8 Å². The normalized spacial score (nSPS) is 14.9. The monoisotopic (exact) mass is 425 g/mol. The van der Waals surface area contributed by atoms with Crippen molar-refractivity contribution in [3.63, 3.8) is 0 Å². The number of benzene rings is 2. The quantitative estimate of drug-likeness (QED) is 0.593. The zero-order valence-corrected chi connectivity index (χ0v) is 17.9. The van der Waals surface area contributed by atoms with E-state index in [0.29, 0.717) is 37.1 Å². The number of aryl methyl sites for hydroxylation is 1. The molecule has 156 valence electrons.